The van der Waals surface area contributed by atoms with Crippen LogP contribution in [0.1, 0.15) is 43.5 Å². The molecule has 0 bridgehead atoms. The third-order valence-electron chi connectivity index (χ3n) is 3.62. The van der Waals surface area contributed by atoms with Crippen LogP contribution in [0.15, 0.2) is 24.3 Å². The van der Waals surface area contributed by atoms with E-state index in [1.807, 2.05) is 6.07 Å². The molecule has 134 valence electrons. The highest BCUT2D eigenvalue weighted by Crippen LogP contribution is 2.06. The number of carbonyl (C=O) groups excluding carboxylic acids is 2. The molecule has 7 heteroatoms. The smallest absolute Gasteiger partial charge is 0.252 e. The zero-order valence-electron chi connectivity index (χ0n) is 15.3. The summed E-state index contributed by atoms with van der Waals surface area (Å²) in [7, 11) is 0. The van der Waals surface area contributed by atoms with Crippen molar-refractivity contribution in [3.8, 4) is 6.07 Å². The van der Waals surface area contributed by atoms with Crippen LogP contribution in [0.4, 0.5) is 0 Å². The number of aryl methyl sites for hydroxylation is 4. The second-order valence-electron chi connectivity index (χ2n) is 6.14. The standard InChI is InChI=1S/C19H21N5O2/c1-11-5-15(6-12(2)22-11)18(25)21-10-17(9-20)24-19(26)16-7-13(3)23-14(4)8-16/h5-8,17H,10H2,1-4H3,(H,21,25)(H,24,26). The van der Waals surface area contributed by atoms with Crippen LogP contribution in [0, 0.1) is 39.0 Å². The van der Waals surface area contributed by atoms with Crippen molar-refractivity contribution in [1.29, 1.82) is 5.26 Å². The minimum Gasteiger partial charge on any atom is -0.349 e. The van der Waals surface area contributed by atoms with E-state index < -0.39 is 6.04 Å². The van der Waals surface area contributed by atoms with Crippen LogP contribution in [0.5, 0.6) is 0 Å². The van der Waals surface area contributed by atoms with Crippen molar-refractivity contribution in [2.75, 3.05) is 6.54 Å². The van der Waals surface area contributed by atoms with Crippen LogP contribution in [0.2, 0.25) is 0 Å². The lowest BCUT2D eigenvalue weighted by Crippen LogP contribution is -2.43. The highest BCUT2D eigenvalue weighted by molar-refractivity contribution is 5.95. The minimum atomic E-state index is -0.843. The number of nitriles is 1. The normalized spacial score (nSPS) is 11.3. The van der Waals surface area contributed by atoms with Gasteiger partial charge in [-0.1, -0.05) is 0 Å². The lowest BCUT2D eigenvalue weighted by Gasteiger charge is -2.13. The Labute approximate surface area is 152 Å². The summed E-state index contributed by atoms with van der Waals surface area (Å²) in [6.45, 7) is 7.21. The molecule has 2 aromatic rings. The van der Waals surface area contributed by atoms with Gasteiger partial charge in [0, 0.05) is 33.9 Å². The Morgan fingerprint density at radius 3 is 1.77 bits per heavy atom. The van der Waals surface area contributed by atoms with Gasteiger partial charge in [0.25, 0.3) is 11.8 Å². The van der Waals surface area contributed by atoms with Gasteiger partial charge in [-0.15, -0.1) is 0 Å². The lowest BCUT2D eigenvalue weighted by molar-refractivity contribution is 0.0918. The highest BCUT2D eigenvalue weighted by atomic mass is 16.2. The number of pyridine rings is 2. The van der Waals surface area contributed by atoms with Gasteiger partial charge >= 0.3 is 0 Å². The first-order valence-corrected chi connectivity index (χ1v) is 8.17. The zero-order valence-corrected chi connectivity index (χ0v) is 15.3. The molecule has 2 heterocycles. The minimum absolute atomic E-state index is 0.00450. The maximum Gasteiger partial charge on any atom is 0.252 e. The quantitative estimate of drug-likeness (QED) is 0.853. The SMILES string of the molecule is Cc1cc(C(=O)NCC(C#N)NC(=O)c2cc(C)nc(C)c2)cc(C)n1. The van der Waals surface area contributed by atoms with Crippen LogP contribution >= 0.6 is 0 Å². The van der Waals surface area contributed by atoms with Gasteiger partial charge in [0.2, 0.25) is 0 Å². The molecule has 2 amide bonds. The van der Waals surface area contributed by atoms with E-state index in [1.165, 1.54) is 0 Å². The first kappa shape index (κ1) is 19.1. The summed E-state index contributed by atoms with van der Waals surface area (Å²) in [5, 5.41) is 14.5. The summed E-state index contributed by atoms with van der Waals surface area (Å²) >= 11 is 0. The predicted octanol–water partition coefficient (Wildman–Crippen LogP) is 1.76. The number of hydrogen-bond donors (Lipinski definition) is 2. The number of amides is 2. The first-order chi connectivity index (χ1) is 12.3. The lowest BCUT2D eigenvalue weighted by atomic mass is 10.1. The largest absolute Gasteiger partial charge is 0.349 e. The molecule has 0 fully saturated rings. The van der Waals surface area contributed by atoms with Gasteiger partial charge in [0.05, 0.1) is 12.6 Å². The molecule has 2 N–H and O–H groups in total. The molecule has 0 aliphatic carbocycles. The van der Waals surface area contributed by atoms with Crippen LogP contribution < -0.4 is 10.6 Å². The molecule has 0 radical (unpaired) electrons. The van der Waals surface area contributed by atoms with Crippen LogP contribution in [-0.4, -0.2) is 34.4 Å². The number of nitrogens with zero attached hydrogens (tertiary/aromatic N) is 3. The van der Waals surface area contributed by atoms with Gasteiger partial charge in [-0.05, 0) is 52.0 Å². The van der Waals surface area contributed by atoms with E-state index in [0.717, 1.165) is 22.8 Å². The molecular formula is C19H21N5O2. The molecule has 2 aromatic heterocycles. The summed E-state index contributed by atoms with van der Waals surface area (Å²) < 4.78 is 0. The van der Waals surface area contributed by atoms with E-state index >= 15 is 0 Å². The Balaban J connectivity index is 2.00. The number of aromatic nitrogens is 2. The third-order valence-corrected chi connectivity index (χ3v) is 3.62. The fraction of sp³-hybridized carbons (Fsp3) is 0.316. The van der Waals surface area contributed by atoms with E-state index in [4.69, 9.17) is 0 Å². The number of carbonyl (C=O) groups is 2. The third kappa shape index (κ3) is 5.11. The van der Waals surface area contributed by atoms with Crippen molar-refractivity contribution in [2.24, 2.45) is 0 Å². The number of rotatable bonds is 5. The van der Waals surface area contributed by atoms with Crippen molar-refractivity contribution in [3.63, 3.8) is 0 Å². The van der Waals surface area contributed by atoms with E-state index in [-0.39, 0.29) is 18.4 Å². The summed E-state index contributed by atoms with van der Waals surface area (Å²) in [5.41, 5.74) is 3.83. The monoisotopic (exact) mass is 351 g/mol. The van der Waals surface area contributed by atoms with Crippen molar-refractivity contribution in [3.05, 3.63) is 58.2 Å². The molecule has 1 unspecified atom stereocenters. The molecule has 0 saturated heterocycles. The number of hydrogen-bond acceptors (Lipinski definition) is 5. The molecular weight excluding hydrogens is 330 g/mol. The summed E-state index contributed by atoms with van der Waals surface area (Å²) in [6, 6.07) is 7.79. The Morgan fingerprint density at radius 2 is 1.35 bits per heavy atom. The molecule has 0 aliphatic rings. The van der Waals surface area contributed by atoms with E-state index in [0.29, 0.717) is 11.1 Å². The van der Waals surface area contributed by atoms with Crippen molar-refractivity contribution in [2.45, 2.75) is 33.7 Å². The van der Waals surface area contributed by atoms with Gasteiger partial charge in [0.1, 0.15) is 6.04 Å². The van der Waals surface area contributed by atoms with Crippen molar-refractivity contribution in [1.82, 2.24) is 20.6 Å². The predicted molar refractivity (Wildman–Crippen MR) is 96.6 cm³/mol. The van der Waals surface area contributed by atoms with Crippen molar-refractivity contribution < 1.29 is 9.59 Å². The average molecular weight is 351 g/mol. The zero-order chi connectivity index (χ0) is 19.3. The van der Waals surface area contributed by atoms with Crippen molar-refractivity contribution >= 4 is 11.8 Å². The van der Waals surface area contributed by atoms with Crippen LogP contribution in [0.25, 0.3) is 0 Å². The number of nitrogens with one attached hydrogen (secondary N) is 2. The Morgan fingerprint density at radius 1 is 0.923 bits per heavy atom. The Kier molecular flexibility index (Phi) is 6.02. The molecule has 1 atom stereocenters. The molecule has 2 rings (SSSR count). The topological polar surface area (TPSA) is 108 Å². The fourth-order valence-electron chi connectivity index (χ4n) is 2.60. The van der Waals surface area contributed by atoms with Gasteiger partial charge in [0.15, 0.2) is 0 Å². The maximum atomic E-state index is 12.3. The molecule has 0 saturated carbocycles. The molecule has 0 aliphatic heterocycles. The summed E-state index contributed by atoms with van der Waals surface area (Å²) in [4.78, 5) is 33.0. The second kappa shape index (κ2) is 8.21. The molecule has 0 aromatic carbocycles. The average Bonchev–Trinajstić information content (AvgIpc) is 2.56. The molecule has 26 heavy (non-hydrogen) atoms. The Hall–Kier alpha value is -3.27. The van der Waals surface area contributed by atoms with E-state index in [2.05, 4.69) is 20.6 Å². The summed E-state index contributed by atoms with van der Waals surface area (Å²) in [5.74, 6) is -0.696. The van der Waals surface area contributed by atoms with Gasteiger partial charge in [-0.2, -0.15) is 5.26 Å². The van der Waals surface area contributed by atoms with Gasteiger partial charge in [-0.3, -0.25) is 19.6 Å². The molecule has 0 spiro atoms. The fourth-order valence-corrected chi connectivity index (χ4v) is 2.60. The van der Waals surface area contributed by atoms with Gasteiger partial charge < -0.3 is 10.6 Å². The van der Waals surface area contributed by atoms with E-state index in [9.17, 15) is 14.9 Å². The van der Waals surface area contributed by atoms with Crippen LogP contribution in [-0.2, 0) is 0 Å². The van der Waals surface area contributed by atoms with Gasteiger partial charge in [-0.25, -0.2) is 0 Å². The second-order valence-corrected chi connectivity index (χ2v) is 6.14. The van der Waals surface area contributed by atoms with E-state index in [1.54, 1.807) is 52.0 Å². The Bertz CT molecular complexity index is 845. The summed E-state index contributed by atoms with van der Waals surface area (Å²) in [6.07, 6.45) is 0. The maximum absolute atomic E-state index is 12.3. The molecule has 7 nitrogen and oxygen atoms in total. The highest BCUT2D eigenvalue weighted by Gasteiger charge is 2.16. The van der Waals surface area contributed by atoms with Crippen LogP contribution in [0.3, 0.4) is 0 Å². The first-order valence-electron chi connectivity index (χ1n) is 8.17.